The van der Waals surface area contributed by atoms with Crippen molar-refractivity contribution < 1.29 is 4.74 Å². The van der Waals surface area contributed by atoms with Gasteiger partial charge in [-0.25, -0.2) is 0 Å². The third kappa shape index (κ3) is 4.00. The predicted molar refractivity (Wildman–Crippen MR) is 59.3 cm³/mol. The van der Waals surface area contributed by atoms with Gasteiger partial charge in [0.15, 0.2) is 10.3 Å². The fourth-order valence-corrected chi connectivity index (χ4v) is 2.13. The molecule has 0 saturated carbocycles. The van der Waals surface area contributed by atoms with E-state index in [0.717, 1.165) is 23.7 Å². The molecule has 6 heteroatoms. The number of methoxy groups -OCH3 is 1. The standard InChI is InChI=1S/C8H10Cl2N2OS/c1-13-3-2-4-14-6-5-7(9)11-12-8(6)10/h5H,2-4H2,1H3. The molecule has 1 heterocycles. The second-order valence-electron chi connectivity index (χ2n) is 2.52. The fraction of sp³-hybridized carbons (Fsp3) is 0.500. The molecule has 0 fully saturated rings. The Hall–Kier alpha value is -0.0300. The Morgan fingerprint density at radius 2 is 2.21 bits per heavy atom. The summed E-state index contributed by atoms with van der Waals surface area (Å²) in [5.74, 6) is 0.926. The first-order valence-corrected chi connectivity index (χ1v) is 5.78. The molecule has 0 atom stereocenters. The number of ether oxygens (including phenoxy) is 1. The summed E-state index contributed by atoms with van der Waals surface area (Å²) in [6, 6.07) is 1.72. The number of hydrogen-bond donors (Lipinski definition) is 0. The Labute approximate surface area is 97.1 Å². The van der Waals surface area contributed by atoms with Crippen LogP contribution >= 0.6 is 35.0 Å². The molecule has 0 bridgehead atoms. The molecule has 0 amide bonds. The van der Waals surface area contributed by atoms with Gasteiger partial charge < -0.3 is 4.74 Å². The van der Waals surface area contributed by atoms with Crippen LogP contribution in [0.15, 0.2) is 11.0 Å². The fourth-order valence-electron chi connectivity index (χ4n) is 0.824. The number of aromatic nitrogens is 2. The van der Waals surface area contributed by atoms with Crippen LogP contribution in [0.25, 0.3) is 0 Å². The first-order valence-electron chi connectivity index (χ1n) is 4.04. The van der Waals surface area contributed by atoms with Gasteiger partial charge in [0.1, 0.15) is 0 Å². The van der Waals surface area contributed by atoms with Gasteiger partial charge in [-0.05, 0) is 12.5 Å². The van der Waals surface area contributed by atoms with Crippen LogP contribution in [0.5, 0.6) is 0 Å². The van der Waals surface area contributed by atoms with Gasteiger partial charge >= 0.3 is 0 Å². The number of halogens is 2. The molecule has 0 saturated heterocycles. The summed E-state index contributed by atoms with van der Waals surface area (Å²) in [5.41, 5.74) is 0. The zero-order valence-corrected chi connectivity index (χ0v) is 9.99. The molecule has 0 aliphatic heterocycles. The van der Waals surface area contributed by atoms with Crippen molar-refractivity contribution in [3.05, 3.63) is 16.4 Å². The summed E-state index contributed by atoms with van der Waals surface area (Å²) in [5, 5.41) is 8.10. The van der Waals surface area contributed by atoms with Crippen LogP contribution < -0.4 is 0 Å². The molecule has 0 N–H and O–H groups in total. The zero-order chi connectivity index (χ0) is 10.4. The Morgan fingerprint density at radius 1 is 1.43 bits per heavy atom. The van der Waals surface area contributed by atoms with E-state index in [1.807, 2.05) is 0 Å². The van der Waals surface area contributed by atoms with Gasteiger partial charge in [-0.2, -0.15) is 0 Å². The lowest BCUT2D eigenvalue weighted by molar-refractivity contribution is 0.200. The van der Waals surface area contributed by atoms with Gasteiger partial charge in [-0.1, -0.05) is 23.2 Å². The Morgan fingerprint density at radius 3 is 2.93 bits per heavy atom. The third-order valence-electron chi connectivity index (χ3n) is 1.44. The van der Waals surface area contributed by atoms with E-state index in [4.69, 9.17) is 27.9 Å². The van der Waals surface area contributed by atoms with E-state index >= 15 is 0 Å². The second-order valence-corrected chi connectivity index (χ2v) is 4.40. The van der Waals surface area contributed by atoms with Crippen LogP contribution in [-0.2, 0) is 4.74 Å². The Balaban J connectivity index is 2.45. The number of nitrogens with zero attached hydrogens (tertiary/aromatic N) is 2. The van der Waals surface area contributed by atoms with Crippen LogP contribution in [-0.4, -0.2) is 29.7 Å². The minimum atomic E-state index is 0.364. The molecular formula is C8H10Cl2N2OS. The SMILES string of the molecule is COCCCSc1cc(Cl)nnc1Cl. The molecule has 0 radical (unpaired) electrons. The highest BCUT2D eigenvalue weighted by Crippen LogP contribution is 2.26. The van der Waals surface area contributed by atoms with Crippen molar-refractivity contribution in [1.29, 1.82) is 0 Å². The van der Waals surface area contributed by atoms with Crippen molar-refractivity contribution in [3.63, 3.8) is 0 Å². The summed E-state index contributed by atoms with van der Waals surface area (Å²) in [6.45, 7) is 0.747. The minimum absolute atomic E-state index is 0.364. The quantitative estimate of drug-likeness (QED) is 0.597. The lowest BCUT2D eigenvalue weighted by Gasteiger charge is -2.02. The molecule has 1 aromatic rings. The van der Waals surface area contributed by atoms with E-state index in [1.165, 1.54) is 0 Å². The number of thioether (sulfide) groups is 1. The van der Waals surface area contributed by atoms with Crippen LogP contribution in [0.3, 0.4) is 0 Å². The summed E-state index contributed by atoms with van der Waals surface area (Å²) in [4.78, 5) is 0.864. The molecule has 1 aromatic heterocycles. The van der Waals surface area contributed by atoms with Gasteiger partial charge in [-0.15, -0.1) is 22.0 Å². The van der Waals surface area contributed by atoms with E-state index in [2.05, 4.69) is 10.2 Å². The van der Waals surface area contributed by atoms with E-state index < -0.39 is 0 Å². The van der Waals surface area contributed by atoms with Crippen LogP contribution in [0.1, 0.15) is 6.42 Å². The van der Waals surface area contributed by atoms with Crippen molar-refractivity contribution in [3.8, 4) is 0 Å². The normalized spacial score (nSPS) is 10.5. The molecule has 0 aliphatic rings. The maximum absolute atomic E-state index is 5.82. The molecule has 0 spiro atoms. The van der Waals surface area contributed by atoms with Gasteiger partial charge in [0, 0.05) is 24.4 Å². The smallest absolute Gasteiger partial charge is 0.165 e. The second kappa shape index (κ2) is 6.45. The summed E-state index contributed by atoms with van der Waals surface area (Å²) >= 11 is 13.1. The van der Waals surface area contributed by atoms with Crippen molar-refractivity contribution >= 4 is 35.0 Å². The number of rotatable bonds is 5. The van der Waals surface area contributed by atoms with Crippen LogP contribution in [0.2, 0.25) is 10.3 Å². The lowest BCUT2D eigenvalue weighted by Crippen LogP contribution is -1.91. The highest BCUT2D eigenvalue weighted by Gasteiger charge is 2.04. The summed E-state index contributed by atoms with van der Waals surface area (Å²) in [7, 11) is 1.68. The molecule has 0 unspecified atom stereocenters. The third-order valence-corrected chi connectivity index (χ3v) is 3.13. The highest BCUT2D eigenvalue weighted by atomic mass is 35.5. The molecule has 0 aliphatic carbocycles. The zero-order valence-electron chi connectivity index (χ0n) is 7.67. The highest BCUT2D eigenvalue weighted by molar-refractivity contribution is 7.99. The molecule has 14 heavy (non-hydrogen) atoms. The topological polar surface area (TPSA) is 35.0 Å². The van der Waals surface area contributed by atoms with E-state index in [-0.39, 0.29) is 0 Å². The maximum Gasteiger partial charge on any atom is 0.165 e. The van der Waals surface area contributed by atoms with E-state index in [0.29, 0.717) is 10.3 Å². The van der Waals surface area contributed by atoms with Crippen LogP contribution in [0.4, 0.5) is 0 Å². The lowest BCUT2D eigenvalue weighted by atomic mass is 10.5. The van der Waals surface area contributed by atoms with E-state index in [1.54, 1.807) is 24.9 Å². The maximum atomic E-state index is 5.82. The predicted octanol–water partition coefficient (Wildman–Crippen LogP) is 2.91. The molecule has 3 nitrogen and oxygen atoms in total. The van der Waals surface area contributed by atoms with Crippen molar-refractivity contribution in [2.45, 2.75) is 11.3 Å². The largest absolute Gasteiger partial charge is 0.385 e. The Bertz CT molecular complexity index is 299. The van der Waals surface area contributed by atoms with Gasteiger partial charge in [0.2, 0.25) is 0 Å². The number of hydrogen-bond acceptors (Lipinski definition) is 4. The minimum Gasteiger partial charge on any atom is -0.385 e. The van der Waals surface area contributed by atoms with Crippen LogP contribution in [0, 0.1) is 0 Å². The summed E-state index contributed by atoms with van der Waals surface area (Å²) < 4.78 is 4.93. The van der Waals surface area contributed by atoms with Crippen molar-refractivity contribution in [2.24, 2.45) is 0 Å². The van der Waals surface area contributed by atoms with Crippen molar-refractivity contribution in [1.82, 2.24) is 10.2 Å². The Kier molecular flexibility index (Phi) is 5.55. The first kappa shape index (κ1) is 12.0. The summed E-state index contributed by atoms with van der Waals surface area (Å²) in [6.07, 6.45) is 0.970. The molecular weight excluding hydrogens is 243 g/mol. The van der Waals surface area contributed by atoms with E-state index in [9.17, 15) is 0 Å². The average Bonchev–Trinajstić information content (AvgIpc) is 2.18. The molecule has 78 valence electrons. The van der Waals surface area contributed by atoms with Gasteiger partial charge in [0.25, 0.3) is 0 Å². The molecule has 1 rings (SSSR count). The van der Waals surface area contributed by atoms with Crippen molar-refractivity contribution in [2.75, 3.05) is 19.5 Å². The van der Waals surface area contributed by atoms with Gasteiger partial charge in [0.05, 0.1) is 0 Å². The first-order chi connectivity index (χ1) is 6.74. The average molecular weight is 253 g/mol. The molecule has 0 aromatic carbocycles. The monoisotopic (exact) mass is 252 g/mol. The van der Waals surface area contributed by atoms with Gasteiger partial charge in [-0.3, -0.25) is 0 Å².